The quantitative estimate of drug-likeness (QED) is 0.561. The Morgan fingerprint density at radius 3 is 2.86 bits per heavy atom. The first-order valence-electron chi connectivity index (χ1n) is 7.20. The van der Waals surface area contributed by atoms with Gasteiger partial charge in [0.2, 0.25) is 5.91 Å². The van der Waals surface area contributed by atoms with Gasteiger partial charge in [0.1, 0.15) is 11.7 Å². The molecule has 0 bridgehead atoms. The van der Waals surface area contributed by atoms with Crippen molar-refractivity contribution in [3.63, 3.8) is 0 Å². The van der Waals surface area contributed by atoms with E-state index in [9.17, 15) is 14.7 Å². The van der Waals surface area contributed by atoms with Crippen LogP contribution in [0.5, 0.6) is 0 Å². The summed E-state index contributed by atoms with van der Waals surface area (Å²) in [5.74, 6) is -0.935. The molecule has 0 spiro atoms. The zero-order chi connectivity index (χ0) is 15.4. The SMILES string of the molecule is O=C(O)C1=C(C(S)c2ccncc2)C[C@@H]2CN[C@@H]3C(=O)N1C23. The van der Waals surface area contributed by atoms with E-state index < -0.39 is 5.97 Å². The topological polar surface area (TPSA) is 82.5 Å². The lowest BCUT2D eigenvalue weighted by Crippen LogP contribution is -2.68. The largest absolute Gasteiger partial charge is 0.477 e. The number of β-lactam (4-membered cyclic amide) rings is 1. The number of hydrogen-bond acceptors (Lipinski definition) is 5. The molecule has 3 aliphatic rings. The molecular weight excluding hydrogens is 302 g/mol. The zero-order valence-corrected chi connectivity index (χ0v) is 12.5. The minimum Gasteiger partial charge on any atom is -0.477 e. The molecule has 1 amide bonds. The van der Waals surface area contributed by atoms with Gasteiger partial charge in [-0.25, -0.2) is 4.79 Å². The number of carbonyl (C=O) groups is 2. The maximum absolute atomic E-state index is 12.2. The molecular formula is C15H15N3O3S. The Morgan fingerprint density at radius 2 is 2.18 bits per heavy atom. The number of carbonyl (C=O) groups excluding carboxylic acids is 1. The Bertz CT molecular complexity index is 691. The van der Waals surface area contributed by atoms with E-state index in [2.05, 4.69) is 22.9 Å². The molecule has 22 heavy (non-hydrogen) atoms. The van der Waals surface area contributed by atoms with Crippen molar-refractivity contribution in [1.29, 1.82) is 0 Å². The van der Waals surface area contributed by atoms with Crippen molar-refractivity contribution in [2.45, 2.75) is 23.8 Å². The van der Waals surface area contributed by atoms with Gasteiger partial charge >= 0.3 is 5.97 Å². The summed E-state index contributed by atoms with van der Waals surface area (Å²) in [4.78, 5) is 29.4. The molecule has 0 saturated carbocycles. The van der Waals surface area contributed by atoms with Crippen LogP contribution in [0.15, 0.2) is 35.8 Å². The molecule has 0 aromatic carbocycles. The van der Waals surface area contributed by atoms with Crippen LogP contribution in [-0.2, 0) is 9.59 Å². The number of hydrogen-bond donors (Lipinski definition) is 3. The van der Waals surface area contributed by atoms with Crippen molar-refractivity contribution in [3.8, 4) is 0 Å². The van der Waals surface area contributed by atoms with E-state index in [1.807, 2.05) is 12.1 Å². The number of pyridine rings is 1. The van der Waals surface area contributed by atoms with Crippen LogP contribution in [0.2, 0.25) is 0 Å². The summed E-state index contributed by atoms with van der Waals surface area (Å²) >= 11 is 4.63. The summed E-state index contributed by atoms with van der Waals surface area (Å²) in [6.45, 7) is 0.741. The third-order valence-electron chi connectivity index (χ3n) is 4.81. The molecule has 1 aromatic heterocycles. The smallest absolute Gasteiger partial charge is 0.352 e. The highest BCUT2D eigenvalue weighted by molar-refractivity contribution is 7.80. The third-order valence-corrected chi connectivity index (χ3v) is 5.42. The summed E-state index contributed by atoms with van der Waals surface area (Å²) in [6, 6.07) is 3.42. The lowest BCUT2D eigenvalue weighted by atomic mass is 9.78. The summed E-state index contributed by atoms with van der Waals surface area (Å²) in [5.41, 5.74) is 1.71. The second-order valence-electron chi connectivity index (χ2n) is 5.91. The second kappa shape index (κ2) is 4.82. The molecule has 4 heterocycles. The van der Waals surface area contributed by atoms with Crippen LogP contribution >= 0.6 is 12.6 Å². The van der Waals surface area contributed by atoms with Crippen LogP contribution in [0.4, 0.5) is 0 Å². The number of amides is 1. The van der Waals surface area contributed by atoms with E-state index in [4.69, 9.17) is 0 Å². The van der Waals surface area contributed by atoms with Gasteiger partial charge < -0.3 is 10.4 Å². The number of nitrogens with zero attached hydrogens (tertiary/aromatic N) is 2. The van der Waals surface area contributed by atoms with Crippen LogP contribution in [0.3, 0.4) is 0 Å². The van der Waals surface area contributed by atoms with Gasteiger partial charge in [0.05, 0.1) is 11.3 Å². The van der Waals surface area contributed by atoms with E-state index >= 15 is 0 Å². The monoisotopic (exact) mass is 317 g/mol. The predicted octanol–water partition coefficient (Wildman–Crippen LogP) is 0.594. The van der Waals surface area contributed by atoms with Crippen LogP contribution in [0, 0.1) is 5.92 Å². The third kappa shape index (κ3) is 1.75. The molecule has 2 fully saturated rings. The van der Waals surface area contributed by atoms with Crippen molar-refractivity contribution in [1.82, 2.24) is 15.2 Å². The molecule has 0 radical (unpaired) electrons. The highest BCUT2D eigenvalue weighted by Crippen LogP contribution is 2.47. The lowest BCUT2D eigenvalue weighted by Gasteiger charge is -2.49. The van der Waals surface area contributed by atoms with Gasteiger partial charge in [0.15, 0.2) is 0 Å². The first-order valence-corrected chi connectivity index (χ1v) is 7.72. The fourth-order valence-electron chi connectivity index (χ4n) is 3.81. The lowest BCUT2D eigenvalue weighted by molar-refractivity contribution is -0.153. The van der Waals surface area contributed by atoms with Crippen molar-refractivity contribution >= 4 is 24.5 Å². The molecule has 2 saturated heterocycles. The summed E-state index contributed by atoms with van der Waals surface area (Å²) in [7, 11) is 0. The van der Waals surface area contributed by atoms with Crippen molar-refractivity contribution in [2.75, 3.05) is 6.54 Å². The molecule has 7 heteroatoms. The molecule has 1 aromatic rings. The molecule has 0 aliphatic carbocycles. The highest BCUT2D eigenvalue weighted by atomic mass is 32.1. The maximum atomic E-state index is 12.2. The zero-order valence-electron chi connectivity index (χ0n) is 11.6. The first-order chi connectivity index (χ1) is 10.6. The Balaban J connectivity index is 1.79. The van der Waals surface area contributed by atoms with Gasteiger partial charge in [0, 0.05) is 18.9 Å². The number of rotatable bonds is 3. The molecule has 3 aliphatic heterocycles. The van der Waals surface area contributed by atoms with Gasteiger partial charge in [0.25, 0.3) is 0 Å². The van der Waals surface area contributed by atoms with Gasteiger partial charge in [-0.2, -0.15) is 12.6 Å². The molecule has 2 N–H and O–H groups in total. The molecule has 6 nitrogen and oxygen atoms in total. The predicted molar refractivity (Wildman–Crippen MR) is 81.2 cm³/mol. The molecule has 2 unspecified atom stereocenters. The minimum atomic E-state index is -1.06. The van der Waals surface area contributed by atoms with Crippen molar-refractivity contribution in [3.05, 3.63) is 41.4 Å². The first kappa shape index (κ1) is 13.8. The number of carboxylic acid groups (broad SMARTS) is 1. The number of carboxylic acids is 1. The average molecular weight is 317 g/mol. The number of aromatic nitrogens is 1. The second-order valence-corrected chi connectivity index (χ2v) is 6.43. The summed E-state index contributed by atoms with van der Waals surface area (Å²) < 4.78 is 0. The standard InChI is InChI=1S/C15H15N3O3S/c19-14-10-11-8(6-17-10)5-9(12(15(20)21)18(11)14)13(22)7-1-3-16-4-2-7/h1-4,8,10-11,13,17,22H,5-6H2,(H,20,21)/t8-,10+,11?,13?/m1/s1. The van der Waals surface area contributed by atoms with Gasteiger partial charge in [-0.3, -0.25) is 14.7 Å². The van der Waals surface area contributed by atoms with E-state index in [-0.39, 0.29) is 34.9 Å². The average Bonchev–Trinajstić information content (AvgIpc) is 2.94. The van der Waals surface area contributed by atoms with Crippen molar-refractivity contribution < 1.29 is 14.7 Å². The summed E-state index contributed by atoms with van der Waals surface area (Å²) in [6.07, 6.45) is 3.97. The van der Waals surface area contributed by atoms with E-state index in [1.54, 1.807) is 12.4 Å². The van der Waals surface area contributed by atoms with Crippen molar-refractivity contribution in [2.24, 2.45) is 5.92 Å². The van der Waals surface area contributed by atoms with Crippen LogP contribution in [0.25, 0.3) is 0 Å². The Hall–Kier alpha value is -1.86. The van der Waals surface area contributed by atoms with Crippen LogP contribution in [-0.4, -0.2) is 45.5 Å². The minimum absolute atomic E-state index is 0.0136. The molecule has 4 rings (SSSR count). The Kier molecular flexibility index (Phi) is 3.02. The Labute approximate surface area is 132 Å². The van der Waals surface area contributed by atoms with Gasteiger partial charge in [-0.1, -0.05) is 0 Å². The number of aliphatic carboxylic acids is 1. The fraction of sp³-hybridized carbons (Fsp3) is 0.400. The maximum Gasteiger partial charge on any atom is 0.352 e. The van der Waals surface area contributed by atoms with E-state index in [0.717, 1.165) is 12.1 Å². The summed E-state index contributed by atoms with van der Waals surface area (Å²) in [5, 5.41) is 12.5. The molecule has 114 valence electrons. The number of nitrogens with one attached hydrogen (secondary N) is 1. The van der Waals surface area contributed by atoms with Crippen LogP contribution < -0.4 is 5.32 Å². The van der Waals surface area contributed by atoms with Gasteiger partial charge in [-0.15, -0.1) is 0 Å². The van der Waals surface area contributed by atoms with Crippen LogP contribution in [0.1, 0.15) is 17.2 Å². The van der Waals surface area contributed by atoms with E-state index in [1.165, 1.54) is 4.90 Å². The number of thiol groups is 1. The Morgan fingerprint density at radius 1 is 1.45 bits per heavy atom. The van der Waals surface area contributed by atoms with Gasteiger partial charge in [-0.05, 0) is 35.6 Å². The fourth-order valence-corrected chi connectivity index (χ4v) is 4.21. The van der Waals surface area contributed by atoms with E-state index in [0.29, 0.717) is 12.0 Å². The normalized spacial score (nSPS) is 30.9. The highest BCUT2D eigenvalue weighted by Gasteiger charge is 2.60. The molecule has 4 atom stereocenters.